The van der Waals surface area contributed by atoms with Crippen LogP contribution in [0.5, 0.6) is 11.5 Å². The zero-order valence-corrected chi connectivity index (χ0v) is 12.8. The third kappa shape index (κ3) is 4.46. The average molecular weight is 316 g/mol. The summed E-state index contributed by atoms with van der Waals surface area (Å²) < 4.78 is 13.2. The summed E-state index contributed by atoms with van der Waals surface area (Å²) >= 11 is 0. The van der Waals surface area contributed by atoms with Gasteiger partial charge in [-0.1, -0.05) is 12.1 Å². The summed E-state index contributed by atoms with van der Waals surface area (Å²) in [5.74, 6) is 1.40. The molecule has 1 aromatic carbocycles. The van der Waals surface area contributed by atoms with Crippen LogP contribution in [0.4, 0.5) is 0 Å². The van der Waals surface area contributed by atoms with Gasteiger partial charge < -0.3 is 20.1 Å². The van der Waals surface area contributed by atoms with Gasteiger partial charge in [0, 0.05) is 18.9 Å². The number of para-hydroxylation sites is 2. The number of hydrogen-bond donors (Lipinski definition) is 2. The van der Waals surface area contributed by atoms with Crippen LogP contribution in [0.3, 0.4) is 0 Å². The number of carbonyl (C=O) groups excluding carboxylic acids is 1. The second kappa shape index (κ2) is 7.64. The lowest BCUT2D eigenvalue weighted by Gasteiger charge is -2.26. The van der Waals surface area contributed by atoms with Crippen molar-refractivity contribution in [3.63, 3.8) is 0 Å². The molecular formula is C16H20N4O3. The number of amides is 1. The standard InChI is InChI=1S/C16H20N4O3/c21-16(11-17-7-9-20-8-3-6-19-20)18-10-13-12-22-14-4-1-2-5-15(14)23-13/h1-6,8,13,17H,7,9-12H2,(H,18,21). The van der Waals surface area contributed by atoms with Crippen molar-refractivity contribution in [2.24, 2.45) is 0 Å². The highest BCUT2D eigenvalue weighted by molar-refractivity contribution is 5.78. The van der Waals surface area contributed by atoms with E-state index in [4.69, 9.17) is 9.47 Å². The third-order valence-electron chi connectivity index (χ3n) is 3.46. The molecule has 122 valence electrons. The Labute approximate surface area is 134 Å². The molecule has 3 rings (SSSR count). The van der Waals surface area contributed by atoms with E-state index in [9.17, 15) is 4.79 Å². The zero-order chi connectivity index (χ0) is 15.9. The molecule has 1 aromatic heterocycles. The number of fused-ring (bicyclic) bond motifs is 1. The fourth-order valence-electron chi connectivity index (χ4n) is 2.28. The van der Waals surface area contributed by atoms with Crippen molar-refractivity contribution in [2.75, 3.05) is 26.2 Å². The normalized spacial score (nSPS) is 16.1. The molecule has 7 heteroatoms. The second-order valence-corrected chi connectivity index (χ2v) is 5.25. The van der Waals surface area contributed by atoms with Crippen molar-refractivity contribution in [3.8, 4) is 11.5 Å². The Kier molecular flexibility index (Phi) is 5.10. The summed E-state index contributed by atoms with van der Waals surface area (Å²) in [5.41, 5.74) is 0. The zero-order valence-electron chi connectivity index (χ0n) is 12.8. The molecule has 1 unspecified atom stereocenters. The maximum Gasteiger partial charge on any atom is 0.234 e. The van der Waals surface area contributed by atoms with Gasteiger partial charge in [0.05, 0.1) is 19.6 Å². The molecule has 1 amide bonds. The lowest BCUT2D eigenvalue weighted by atomic mass is 10.2. The minimum atomic E-state index is -0.169. The number of nitrogens with one attached hydrogen (secondary N) is 2. The Morgan fingerprint density at radius 2 is 2.17 bits per heavy atom. The van der Waals surface area contributed by atoms with E-state index in [1.165, 1.54) is 0 Å². The maximum absolute atomic E-state index is 11.8. The number of rotatable bonds is 7. The van der Waals surface area contributed by atoms with Gasteiger partial charge in [0.2, 0.25) is 5.91 Å². The van der Waals surface area contributed by atoms with Crippen molar-refractivity contribution in [1.82, 2.24) is 20.4 Å². The molecule has 2 N–H and O–H groups in total. The van der Waals surface area contributed by atoms with Crippen LogP contribution >= 0.6 is 0 Å². The van der Waals surface area contributed by atoms with Crippen LogP contribution < -0.4 is 20.1 Å². The Hall–Kier alpha value is -2.54. The molecule has 0 bridgehead atoms. The molecule has 0 saturated heterocycles. The lowest BCUT2D eigenvalue weighted by molar-refractivity contribution is -0.120. The Balaban J connectivity index is 1.32. The summed E-state index contributed by atoms with van der Waals surface area (Å²) in [6.45, 7) is 2.55. The van der Waals surface area contributed by atoms with Gasteiger partial charge in [0.25, 0.3) is 0 Å². The first-order valence-corrected chi connectivity index (χ1v) is 7.64. The van der Waals surface area contributed by atoms with Gasteiger partial charge in [-0.2, -0.15) is 5.10 Å². The highest BCUT2D eigenvalue weighted by Crippen LogP contribution is 2.30. The van der Waals surface area contributed by atoms with E-state index in [1.54, 1.807) is 6.20 Å². The van der Waals surface area contributed by atoms with Crippen LogP contribution in [-0.4, -0.2) is 48.0 Å². The second-order valence-electron chi connectivity index (χ2n) is 5.25. The van der Waals surface area contributed by atoms with E-state index in [-0.39, 0.29) is 18.6 Å². The molecule has 0 fully saturated rings. The number of ether oxygens (including phenoxy) is 2. The number of benzene rings is 1. The number of nitrogens with zero attached hydrogens (tertiary/aromatic N) is 2. The van der Waals surface area contributed by atoms with Crippen LogP contribution in [0.1, 0.15) is 0 Å². The Morgan fingerprint density at radius 3 is 3.00 bits per heavy atom. The van der Waals surface area contributed by atoms with Gasteiger partial charge in [-0.3, -0.25) is 9.48 Å². The van der Waals surface area contributed by atoms with Crippen LogP contribution in [0.25, 0.3) is 0 Å². The monoisotopic (exact) mass is 316 g/mol. The molecule has 0 spiro atoms. The van der Waals surface area contributed by atoms with Crippen molar-refractivity contribution in [1.29, 1.82) is 0 Å². The maximum atomic E-state index is 11.8. The minimum absolute atomic E-state index is 0.0621. The molecule has 0 aliphatic carbocycles. The van der Waals surface area contributed by atoms with E-state index in [0.29, 0.717) is 19.7 Å². The van der Waals surface area contributed by atoms with Crippen LogP contribution in [0.15, 0.2) is 42.7 Å². The molecule has 23 heavy (non-hydrogen) atoms. The van der Waals surface area contributed by atoms with Crippen molar-refractivity contribution in [3.05, 3.63) is 42.7 Å². The topological polar surface area (TPSA) is 77.4 Å². The SMILES string of the molecule is O=C(CNCCn1cccn1)NCC1COc2ccccc2O1. The summed E-state index contributed by atoms with van der Waals surface area (Å²) in [7, 11) is 0. The van der Waals surface area contributed by atoms with Crippen LogP contribution in [0, 0.1) is 0 Å². The molecule has 2 aromatic rings. The van der Waals surface area contributed by atoms with Crippen molar-refractivity contribution in [2.45, 2.75) is 12.6 Å². The predicted octanol–water partition coefficient (Wildman–Crippen LogP) is 0.429. The first-order valence-electron chi connectivity index (χ1n) is 7.64. The first-order chi connectivity index (χ1) is 11.3. The van der Waals surface area contributed by atoms with Gasteiger partial charge in [-0.25, -0.2) is 0 Å². The summed E-state index contributed by atoms with van der Waals surface area (Å²) in [6.07, 6.45) is 3.45. The highest BCUT2D eigenvalue weighted by atomic mass is 16.6. The lowest BCUT2D eigenvalue weighted by Crippen LogP contribution is -2.43. The van der Waals surface area contributed by atoms with E-state index in [1.807, 2.05) is 41.2 Å². The molecule has 1 atom stereocenters. The number of carbonyl (C=O) groups is 1. The molecular weight excluding hydrogens is 296 g/mol. The quantitative estimate of drug-likeness (QED) is 0.724. The van der Waals surface area contributed by atoms with Gasteiger partial charge in [0.15, 0.2) is 11.5 Å². The highest BCUT2D eigenvalue weighted by Gasteiger charge is 2.20. The minimum Gasteiger partial charge on any atom is -0.486 e. The van der Waals surface area contributed by atoms with Gasteiger partial charge in [-0.05, 0) is 18.2 Å². The van der Waals surface area contributed by atoms with Crippen molar-refractivity contribution < 1.29 is 14.3 Å². The molecule has 1 aliphatic heterocycles. The van der Waals surface area contributed by atoms with E-state index in [0.717, 1.165) is 18.0 Å². The molecule has 0 radical (unpaired) electrons. The van der Waals surface area contributed by atoms with Gasteiger partial charge >= 0.3 is 0 Å². The predicted molar refractivity (Wildman–Crippen MR) is 84.5 cm³/mol. The summed E-state index contributed by atoms with van der Waals surface area (Å²) in [4.78, 5) is 11.8. The third-order valence-corrected chi connectivity index (χ3v) is 3.46. The van der Waals surface area contributed by atoms with Gasteiger partial charge in [-0.15, -0.1) is 0 Å². The molecule has 1 aliphatic rings. The fourth-order valence-corrected chi connectivity index (χ4v) is 2.28. The Bertz CT molecular complexity index is 630. The van der Waals surface area contributed by atoms with E-state index >= 15 is 0 Å². The first kappa shape index (κ1) is 15.4. The van der Waals surface area contributed by atoms with E-state index in [2.05, 4.69) is 15.7 Å². The van der Waals surface area contributed by atoms with Crippen LogP contribution in [0.2, 0.25) is 0 Å². The number of hydrogen-bond acceptors (Lipinski definition) is 5. The summed E-state index contributed by atoms with van der Waals surface area (Å²) in [6, 6.07) is 9.40. The molecule has 2 heterocycles. The molecule has 0 saturated carbocycles. The van der Waals surface area contributed by atoms with Crippen molar-refractivity contribution >= 4 is 5.91 Å². The van der Waals surface area contributed by atoms with Crippen LogP contribution in [-0.2, 0) is 11.3 Å². The van der Waals surface area contributed by atoms with E-state index < -0.39 is 0 Å². The average Bonchev–Trinajstić information content (AvgIpc) is 3.10. The Morgan fingerprint density at radius 1 is 1.30 bits per heavy atom. The smallest absolute Gasteiger partial charge is 0.234 e. The molecule has 7 nitrogen and oxygen atoms in total. The van der Waals surface area contributed by atoms with Gasteiger partial charge in [0.1, 0.15) is 12.7 Å². The fraction of sp³-hybridized carbons (Fsp3) is 0.375. The largest absolute Gasteiger partial charge is 0.486 e. The summed E-state index contributed by atoms with van der Waals surface area (Å²) in [5, 5.41) is 10.0. The number of aromatic nitrogens is 2.